The number of carbonyl (C=O) groups is 2. The number of rotatable bonds is 7. The van der Waals surface area contributed by atoms with Crippen molar-refractivity contribution < 1.29 is 28.2 Å². The second-order valence-corrected chi connectivity index (χ2v) is 5.53. The average Bonchev–Trinajstić information content (AvgIpc) is 2.66. The van der Waals surface area contributed by atoms with Crippen molar-refractivity contribution in [2.45, 2.75) is 13.0 Å². The van der Waals surface area contributed by atoms with E-state index in [1.165, 1.54) is 57.6 Å². The molecule has 2 aromatic carbocycles. The molecule has 0 fully saturated rings. The third-order valence-corrected chi connectivity index (χ3v) is 3.57. The fraction of sp³-hybridized carbons (Fsp3) is 0.200. The van der Waals surface area contributed by atoms with Crippen LogP contribution in [0.15, 0.2) is 48.5 Å². The number of methoxy groups -OCH3 is 2. The summed E-state index contributed by atoms with van der Waals surface area (Å²) in [5.41, 5.74) is 0.977. The van der Waals surface area contributed by atoms with Gasteiger partial charge in [-0.15, -0.1) is 0 Å². The van der Waals surface area contributed by atoms with Crippen molar-refractivity contribution in [1.82, 2.24) is 0 Å². The van der Waals surface area contributed by atoms with Gasteiger partial charge in [-0.3, -0.25) is 4.79 Å². The average molecular weight is 373 g/mol. The maximum atomic E-state index is 13.1. The van der Waals surface area contributed by atoms with Crippen molar-refractivity contribution in [3.05, 3.63) is 59.9 Å². The lowest BCUT2D eigenvalue weighted by atomic mass is 10.2. The summed E-state index contributed by atoms with van der Waals surface area (Å²) >= 11 is 0. The molecule has 1 N–H and O–H groups in total. The molecule has 7 heteroatoms. The van der Waals surface area contributed by atoms with Crippen molar-refractivity contribution >= 4 is 23.6 Å². The summed E-state index contributed by atoms with van der Waals surface area (Å²) < 4.78 is 28.5. The number of ether oxygens (including phenoxy) is 3. The van der Waals surface area contributed by atoms with Crippen LogP contribution in [0.5, 0.6) is 11.5 Å². The van der Waals surface area contributed by atoms with E-state index >= 15 is 0 Å². The summed E-state index contributed by atoms with van der Waals surface area (Å²) in [5.74, 6) is -0.633. The van der Waals surface area contributed by atoms with Crippen molar-refractivity contribution in [1.29, 1.82) is 0 Å². The van der Waals surface area contributed by atoms with Gasteiger partial charge in [0.15, 0.2) is 17.6 Å². The number of esters is 1. The van der Waals surface area contributed by atoms with Gasteiger partial charge >= 0.3 is 5.97 Å². The first-order chi connectivity index (χ1) is 12.9. The number of carbonyl (C=O) groups excluding carboxylic acids is 2. The quantitative estimate of drug-likeness (QED) is 0.595. The molecule has 27 heavy (non-hydrogen) atoms. The van der Waals surface area contributed by atoms with Crippen LogP contribution < -0.4 is 14.8 Å². The summed E-state index contributed by atoms with van der Waals surface area (Å²) in [7, 11) is 3.04. The lowest BCUT2D eigenvalue weighted by molar-refractivity contribution is -0.148. The smallest absolute Gasteiger partial charge is 0.331 e. The topological polar surface area (TPSA) is 73.9 Å². The number of halogens is 1. The van der Waals surface area contributed by atoms with Crippen LogP contribution in [-0.4, -0.2) is 32.2 Å². The fourth-order valence-corrected chi connectivity index (χ4v) is 2.20. The number of nitrogens with one attached hydrogen (secondary N) is 1. The largest absolute Gasteiger partial charge is 0.493 e. The molecule has 1 amide bonds. The SMILES string of the molecule is COc1ccc(/C=C/C(=O)OC(C)C(=O)Nc2cccc(F)c2)cc1OC. The van der Waals surface area contributed by atoms with Crippen LogP contribution in [-0.2, 0) is 14.3 Å². The molecule has 0 aromatic heterocycles. The van der Waals surface area contributed by atoms with Gasteiger partial charge in [0.05, 0.1) is 14.2 Å². The molecule has 0 saturated heterocycles. The molecule has 2 aromatic rings. The Morgan fingerprint density at radius 3 is 2.48 bits per heavy atom. The minimum Gasteiger partial charge on any atom is -0.493 e. The Bertz CT molecular complexity index is 850. The Labute approximate surface area is 156 Å². The summed E-state index contributed by atoms with van der Waals surface area (Å²) in [6.45, 7) is 1.43. The first-order valence-electron chi connectivity index (χ1n) is 8.10. The first kappa shape index (κ1) is 20.0. The highest BCUT2D eigenvalue weighted by molar-refractivity contribution is 5.96. The van der Waals surface area contributed by atoms with Gasteiger partial charge in [0.25, 0.3) is 5.91 Å². The number of hydrogen-bond donors (Lipinski definition) is 1. The highest BCUT2D eigenvalue weighted by Crippen LogP contribution is 2.27. The first-order valence-corrected chi connectivity index (χ1v) is 8.10. The monoisotopic (exact) mass is 373 g/mol. The normalized spacial score (nSPS) is 11.7. The van der Waals surface area contributed by atoms with Crippen molar-refractivity contribution in [2.24, 2.45) is 0 Å². The predicted molar refractivity (Wildman–Crippen MR) is 99.2 cm³/mol. The van der Waals surface area contributed by atoms with Crippen LogP contribution in [0.25, 0.3) is 6.08 Å². The maximum Gasteiger partial charge on any atom is 0.331 e. The van der Waals surface area contributed by atoms with Gasteiger partial charge in [-0.05, 0) is 48.9 Å². The lowest BCUT2D eigenvalue weighted by Crippen LogP contribution is -2.29. The fourth-order valence-electron chi connectivity index (χ4n) is 2.20. The summed E-state index contributed by atoms with van der Waals surface area (Å²) in [6, 6.07) is 10.6. The van der Waals surface area contributed by atoms with E-state index in [-0.39, 0.29) is 5.69 Å². The Balaban J connectivity index is 1.94. The molecule has 0 saturated carbocycles. The second-order valence-electron chi connectivity index (χ2n) is 5.53. The van der Waals surface area contributed by atoms with Crippen LogP contribution >= 0.6 is 0 Å². The van der Waals surface area contributed by atoms with Crippen LogP contribution in [0, 0.1) is 5.82 Å². The molecule has 1 atom stereocenters. The zero-order valence-electron chi connectivity index (χ0n) is 15.2. The molecule has 0 spiro atoms. The van der Waals surface area contributed by atoms with Crippen molar-refractivity contribution in [2.75, 3.05) is 19.5 Å². The molecular formula is C20H20FNO5. The van der Waals surface area contributed by atoms with E-state index in [0.29, 0.717) is 17.1 Å². The van der Waals surface area contributed by atoms with Gasteiger partial charge in [-0.25, -0.2) is 9.18 Å². The zero-order chi connectivity index (χ0) is 19.8. The molecule has 0 aliphatic rings. The van der Waals surface area contributed by atoms with E-state index in [1.807, 2.05) is 0 Å². The number of benzene rings is 2. The van der Waals surface area contributed by atoms with E-state index in [0.717, 1.165) is 0 Å². The zero-order valence-corrected chi connectivity index (χ0v) is 15.2. The number of hydrogen-bond acceptors (Lipinski definition) is 5. The summed E-state index contributed by atoms with van der Waals surface area (Å²) in [6.07, 6.45) is 1.69. The molecule has 0 aliphatic carbocycles. The molecule has 0 aliphatic heterocycles. The summed E-state index contributed by atoms with van der Waals surface area (Å²) in [5, 5.41) is 2.48. The van der Waals surface area contributed by atoms with Crippen molar-refractivity contribution in [3.8, 4) is 11.5 Å². The molecule has 0 bridgehead atoms. The van der Waals surface area contributed by atoms with Gasteiger partial charge < -0.3 is 19.5 Å². The number of amides is 1. The highest BCUT2D eigenvalue weighted by Gasteiger charge is 2.16. The predicted octanol–water partition coefficient (Wildman–Crippen LogP) is 3.43. The Morgan fingerprint density at radius 1 is 1.07 bits per heavy atom. The third-order valence-electron chi connectivity index (χ3n) is 3.57. The number of anilines is 1. The molecule has 1 unspecified atom stereocenters. The molecular weight excluding hydrogens is 353 g/mol. The van der Waals surface area contributed by atoms with Crippen LogP contribution in [0.3, 0.4) is 0 Å². The van der Waals surface area contributed by atoms with Crippen molar-refractivity contribution in [3.63, 3.8) is 0 Å². The minimum absolute atomic E-state index is 0.281. The molecule has 6 nitrogen and oxygen atoms in total. The van der Waals surface area contributed by atoms with E-state index in [2.05, 4.69) is 5.32 Å². The van der Waals surface area contributed by atoms with Gasteiger partial charge in [0.1, 0.15) is 5.82 Å². The maximum absolute atomic E-state index is 13.1. The molecule has 2 rings (SSSR count). The van der Waals surface area contributed by atoms with Gasteiger partial charge in [0, 0.05) is 11.8 Å². The Morgan fingerprint density at radius 2 is 1.81 bits per heavy atom. The minimum atomic E-state index is -1.05. The van der Waals surface area contributed by atoms with E-state index in [1.54, 1.807) is 18.2 Å². The van der Waals surface area contributed by atoms with E-state index in [4.69, 9.17) is 14.2 Å². The van der Waals surface area contributed by atoms with E-state index < -0.39 is 23.8 Å². The van der Waals surface area contributed by atoms with Gasteiger partial charge in [-0.1, -0.05) is 12.1 Å². The molecule has 0 heterocycles. The lowest BCUT2D eigenvalue weighted by Gasteiger charge is -2.12. The van der Waals surface area contributed by atoms with Crippen LogP contribution in [0.1, 0.15) is 12.5 Å². The highest BCUT2D eigenvalue weighted by atomic mass is 19.1. The Hall–Kier alpha value is -3.35. The van der Waals surface area contributed by atoms with E-state index in [9.17, 15) is 14.0 Å². The standard InChI is InChI=1S/C20H20FNO5/c1-13(20(24)22-16-6-4-5-15(21)12-16)27-19(23)10-8-14-7-9-17(25-2)18(11-14)26-3/h4-13H,1-3H3,(H,22,24)/b10-8+. The van der Waals surface area contributed by atoms with Crippen LogP contribution in [0.2, 0.25) is 0 Å². The second kappa shape index (κ2) is 9.38. The Kier molecular flexibility index (Phi) is 6.93. The molecule has 142 valence electrons. The van der Waals surface area contributed by atoms with Gasteiger partial charge in [0.2, 0.25) is 0 Å². The van der Waals surface area contributed by atoms with Gasteiger partial charge in [-0.2, -0.15) is 0 Å². The molecule has 0 radical (unpaired) electrons. The van der Waals surface area contributed by atoms with Crippen LogP contribution in [0.4, 0.5) is 10.1 Å². The third kappa shape index (κ3) is 5.85. The summed E-state index contributed by atoms with van der Waals surface area (Å²) in [4.78, 5) is 23.9.